The van der Waals surface area contributed by atoms with Crippen molar-refractivity contribution in [1.82, 2.24) is 0 Å². The molecule has 0 rings (SSSR count). The quantitative estimate of drug-likeness (QED) is 0.0261. The van der Waals surface area contributed by atoms with E-state index in [-0.39, 0.29) is 31.1 Å². The Labute approximate surface area is 486 Å². The van der Waals surface area contributed by atoms with Crippen molar-refractivity contribution in [1.29, 1.82) is 0 Å². The molecule has 0 saturated heterocycles. The van der Waals surface area contributed by atoms with Crippen LogP contribution in [0.4, 0.5) is 0 Å². The van der Waals surface area contributed by atoms with Gasteiger partial charge < -0.3 is 14.2 Å². The second-order valence-corrected chi connectivity index (χ2v) is 23.4. The summed E-state index contributed by atoms with van der Waals surface area (Å²) in [6, 6.07) is 0. The summed E-state index contributed by atoms with van der Waals surface area (Å²) in [5, 5.41) is 0. The average molecular weight is 1090 g/mol. The lowest BCUT2D eigenvalue weighted by Crippen LogP contribution is -2.30. The van der Waals surface area contributed by atoms with Crippen molar-refractivity contribution in [3.8, 4) is 0 Å². The largest absolute Gasteiger partial charge is 0.462 e. The maximum Gasteiger partial charge on any atom is 0.306 e. The van der Waals surface area contributed by atoms with Crippen LogP contribution in [0.1, 0.15) is 374 Å². The zero-order valence-corrected chi connectivity index (χ0v) is 52.5. The molecule has 0 aromatic carbocycles. The lowest BCUT2D eigenvalue weighted by molar-refractivity contribution is -0.167. The molecule has 6 heteroatoms. The van der Waals surface area contributed by atoms with Crippen molar-refractivity contribution >= 4 is 17.9 Å². The van der Waals surface area contributed by atoms with Gasteiger partial charge in [0.25, 0.3) is 0 Å². The highest BCUT2D eigenvalue weighted by Gasteiger charge is 2.19. The molecular weight excluding hydrogens is 961 g/mol. The van der Waals surface area contributed by atoms with Gasteiger partial charge in [-0.25, -0.2) is 0 Å². The summed E-state index contributed by atoms with van der Waals surface area (Å²) in [5.74, 6) is -0.863. The van der Waals surface area contributed by atoms with Crippen molar-refractivity contribution < 1.29 is 28.6 Å². The third-order valence-corrected chi connectivity index (χ3v) is 15.5. The van der Waals surface area contributed by atoms with Crippen LogP contribution in [0, 0.1) is 0 Å². The van der Waals surface area contributed by atoms with Gasteiger partial charge in [-0.3, -0.25) is 14.4 Å². The van der Waals surface area contributed by atoms with Crippen LogP contribution >= 0.6 is 0 Å². The second kappa shape index (κ2) is 66.9. The maximum absolute atomic E-state index is 13.0. The molecule has 456 valence electrons. The molecule has 0 aromatic rings. The lowest BCUT2D eigenvalue weighted by atomic mass is 10.1. The average Bonchev–Trinajstić information content (AvgIpc) is 3.44. The molecule has 0 radical (unpaired) electrons. The fourth-order valence-electron chi connectivity index (χ4n) is 10.3. The Balaban J connectivity index is 4.35. The molecule has 0 N–H and O–H groups in total. The minimum Gasteiger partial charge on any atom is -0.462 e. The highest BCUT2D eigenvalue weighted by Crippen LogP contribution is 2.17. The Kier molecular flexibility index (Phi) is 64.6. The molecule has 1 atom stereocenters. The normalized spacial score (nSPS) is 12.3. The first kappa shape index (κ1) is 75.4. The summed E-state index contributed by atoms with van der Waals surface area (Å²) >= 11 is 0. The molecule has 0 fully saturated rings. The number of carbonyl (C=O) groups is 3. The van der Waals surface area contributed by atoms with Crippen molar-refractivity contribution in [2.45, 2.75) is 380 Å². The monoisotopic (exact) mass is 1090 g/mol. The van der Waals surface area contributed by atoms with Gasteiger partial charge >= 0.3 is 17.9 Å². The lowest BCUT2D eigenvalue weighted by Gasteiger charge is -2.18. The minimum absolute atomic E-state index is 0.0749. The van der Waals surface area contributed by atoms with Gasteiger partial charge in [-0.15, -0.1) is 0 Å². The summed E-state index contributed by atoms with van der Waals surface area (Å²) in [7, 11) is 0. The molecule has 1 unspecified atom stereocenters. The van der Waals surface area contributed by atoms with E-state index < -0.39 is 6.10 Å². The van der Waals surface area contributed by atoms with Crippen LogP contribution in [0.2, 0.25) is 0 Å². The van der Waals surface area contributed by atoms with Crippen molar-refractivity contribution in [3.05, 3.63) is 48.6 Å². The summed E-state index contributed by atoms with van der Waals surface area (Å²) < 4.78 is 17.0. The maximum atomic E-state index is 13.0. The van der Waals surface area contributed by atoms with Gasteiger partial charge in [0.15, 0.2) is 6.10 Å². The van der Waals surface area contributed by atoms with E-state index in [1.807, 2.05) is 0 Å². The van der Waals surface area contributed by atoms with Crippen molar-refractivity contribution in [2.75, 3.05) is 13.2 Å². The first-order valence-electron chi connectivity index (χ1n) is 34.6. The smallest absolute Gasteiger partial charge is 0.306 e. The van der Waals surface area contributed by atoms with Gasteiger partial charge in [-0.1, -0.05) is 301 Å². The molecule has 0 aliphatic carbocycles. The van der Waals surface area contributed by atoms with E-state index in [0.29, 0.717) is 19.3 Å². The number of allylic oxidation sites excluding steroid dienone is 8. The predicted octanol–water partition coefficient (Wildman–Crippen LogP) is 23.7. The summed E-state index contributed by atoms with van der Waals surface area (Å²) in [5.41, 5.74) is 0. The summed E-state index contributed by atoms with van der Waals surface area (Å²) in [4.78, 5) is 38.4. The van der Waals surface area contributed by atoms with E-state index in [0.717, 1.165) is 70.6 Å². The van der Waals surface area contributed by atoms with Gasteiger partial charge in [0, 0.05) is 19.3 Å². The van der Waals surface area contributed by atoms with E-state index in [1.54, 1.807) is 0 Å². The van der Waals surface area contributed by atoms with Crippen molar-refractivity contribution in [2.24, 2.45) is 0 Å². The number of ether oxygens (including phenoxy) is 3. The third kappa shape index (κ3) is 64.2. The molecule has 0 aromatic heterocycles. The number of esters is 3. The second-order valence-electron chi connectivity index (χ2n) is 23.4. The van der Waals surface area contributed by atoms with Crippen LogP contribution in [-0.2, 0) is 28.6 Å². The fraction of sp³-hybridized carbons (Fsp3) is 0.847. The topological polar surface area (TPSA) is 78.9 Å². The highest BCUT2D eigenvalue weighted by molar-refractivity contribution is 5.71. The van der Waals surface area contributed by atoms with E-state index in [1.165, 1.54) is 263 Å². The van der Waals surface area contributed by atoms with E-state index in [2.05, 4.69) is 69.4 Å². The van der Waals surface area contributed by atoms with E-state index in [4.69, 9.17) is 14.2 Å². The zero-order valence-electron chi connectivity index (χ0n) is 52.5. The number of rotatable bonds is 64. The summed E-state index contributed by atoms with van der Waals surface area (Å²) in [6.45, 7) is 6.68. The molecule has 0 aliphatic heterocycles. The zero-order chi connectivity index (χ0) is 56.4. The van der Waals surface area contributed by atoms with Crippen LogP contribution in [0.5, 0.6) is 0 Å². The van der Waals surface area contributed by atoms with E-state index in [9.17, 15) is 14.4 Å². The van der Waals surface area contributed by atoms with Crippen molar-refractivity contribution in [3.63, 3.8) is 0 Å². The van der Waals surface area contributed by atoms with Gasteiger partial charge in [-0.2, -0.15) is 0 Å². The standard InChI is InChI=1S/C72H132O6/c1-4-7-10-13-16-19-22-25-28-31-34-36-38-41-44-47-50-53-56-59-62-65-71(74)77-68-69(67-76-70(73)64-61-58-55-52-49-46-43-40-33-30-27-24-21-18-15-12-9-6-3)78-72(75)66-63-60-57-54-51-48-45-42-39-37-35-32-29-26-23-20-17-14-11-8-5-2/h21,24,30-35,69H,4-20,22-23,25-29,36-68H2,1-3H3/b24-21-,33-30-,34-31-,35-32-. The Morgan fingerprint density at radius 2 is 0.462 bits per heavy atom. The molecule has 78 heavy (non-hydrogen) atoms. The SMILES string of the molecule is CCCCCC/C=C\C/C=C\CCCCCCCCCC(=O)OCC(COC(=O)CCCCCCCCCCC/C=C\CCCCCCCCCC)OC(=O)CCCCCCCCCCC/C=C\CCCCCCCCCC. The molecule has 0 aliphatic rings. The fourth-order valence-corrected chi connectivity index (χ4v) is 10.3. The number of carbonyl (C=O) groups excluding carboxylic acids is 3. The molecule has 0 amide bonds. The van der Waals surface area contributed by atoms with Gasteiger partial charge in [0.1, 0.15) is 13.2 Å². The minimum atomic E-state index is -0.779. The van der Waals surface area contributed by atoms with E-state index >= 15 is 0 Å². The molecule has 0 spiro atoms. The Hall–Kier alpha value is -2.63. The van der Waals surface area contributed by atoms with Crippen LogP contribution in [-0.4, -0.2) is 37.2 Å². The van der Waals surface area contributed by atoms with Crippen LogP contribution in [0.3, 0.4) is 0 Å². The van der Waals surface area contributed by atoms with Gasteiger partial charge in [0.05, 0.1) is 0 Å². The Morgan fingerprint density at radius 1 is 0.256 bits per heavy atom. The van der Waals surface area contributed by atoms with Gasteiger partial charge in [0.2, 0.25) is 0 Å². The number of hydrogen-bond acceptors (Lipinski definition) is 6. The predicted molar refractivity (Wildman–Crippen MR) is 339 cm³/mol. The molecular formula is C72H132O6. The first-order chi connectivity index (χ1) is 38.5. The Bertz CT molecular complexity index is 1350. The summed E-state index contributed by atoms with van der Waals surface area (Å²) in [6.07, 6.45) is 84.1. The third-order valence-electron chi connectivity index (χ3n) is 15.5. The number of unbranched alkanes of at least 4 members (excludes halogenated alkanes) is 45. The first-order valence-corrected chi connectivity index (χ1v) is 34.6. The van der Waals surface area contributed by atoms with Crippen LogP contribution in [0.15, 0.2) is 48.6 Å². The molecule has 0 heterocycles. The highest BCUT2D eigenvalue weighted by atomic mass is 16.6. The van der Waals surface area contributed by atoms with Crippen LogP contribution in [0.25, 0.3) is 0 Å². The Morgan fingerprint density at radius 3 is 0.731 bits per heavy atom. The van der Waals surface area contributed by atoms with Crippen LogP contribution < -0.4 is 0 Å². The van der Waals surface area contributed by atoms with Gasteiger partial charge in [-0.05, 0) is 103 Å². The molecule has 6 nitrogen and oxygen atoms in total. The molecule has 0 saturated carbocycles. The number of hydrogen-bond donors (Lipinski definition) is 0. The molecule has 0 bridgehead atoms.